The third kappa shape index (κ3) is 3.87. The van der Waals surface area contributed by atoms with Crippen molar-refractivity contribution in [2.24, 2.45) is 0 Å². The van der Waals surface area contributed by atoms with Crippen molar-refractivity contribution < 1.29 is 27.2 Å². The van der Waals surface area contributed by atoms with Crippen LogP contribution in [0.3, 0.4) is 0 Å². The minimum atomic E-state index is -4.43. The molecule has 5 nitrogen and oxygen atoms in total. The summed E-state index contributed by atoms with van der Waals surface area (Å²) in [6, 6.07) is 6.73. The summed E-state index contributed by atoms with van der Waals surface area (Å²) in [4.78, 5) is 22.7. The van der Waals surface area contributed by atoms with Crippen molar-refractivity contribution in [2.75, 3.05) is 10.6 Å². The molecule has 1 aromatic carbocycles. The van der Waals surface area contributed by atoms with Gasteiger partial charge in [-0.25, -0.2) is 0 Å². The van der Waals surface area contributed by atoms with E-state index in [4.69, 9.17) is 4.42 Å². The van der Waals surface area contributed by atoms with Gasteiger partial charge < -0.3 is 9.73 Å². The summed E-state index contributed by atoms with van der Waals surface area (Å²) in [7, 11) is 0. The number of benzene rings is 1. The number of alkyl halides is 3. The summed E-state index contributed by atoms with van der Waals surface area (Å²) in [6.45, 7) is 1.28. The lowest BCUT2D eigenvalue weighted by atomic mass is 10.2. The van der Waals surface area contributed by atoms with Crippen molar-refractivity contribution in [3.8, 4) is 0 Å². The Labute approximate surface area is 123 Å². The lowest BCUT2D eigenvalue weighted by molar-refractivity contribution is -0.137. The molecule has 2 rings (SSSR count). The third-order valence-corrected chi connectivity index (χ3v) is 2.60. The Kier molecular flexibility index (Phi) is 4.20. The highest BCUT2D eigenvalue weighted by atomic mass is 19.4. The fraction of sp³-hybridized carbons (Fsp3) is 0.143. The van der Waals surface area contributed by atoms with Crippen molar-refractivity contribution in [1.29, 1.82) is 0 Å². The van der Waals surface area contributed by atoms with Crippen LogP contribution >= 0.6 is 0 Å². The largest absolute Gasteiger partial charge is 0.435 e. The fourth-order valence-corrected chi connectivity index (χ4v) is 1.64. The Hall–Kier alpha value is -2.77. The minimum absolute atomic E-state index is 0.0800. The van der Waals surface area contributed by atoms with Crippen molar-refractivity contribution in [3.05, 3.63) is 47.7 Å². The van der Waals surface area contributed by atoms with E-state index in [1.165, 1.54) is 19.1 Å². The number of furan rings is 1. The van der Waals surface area contributed by atoms with E-state index in [-0.39, 0.29) is 23.2 Å². The summed E-state index contributed by atoms with van der Waals surface area (Å²) < 4.78 is 42.3. The van der Waals surface area contributed by atoms with Crippen LogP contribution in [-0.2, 0) is 11.0 Å². The molecule has 116 valence electrons. The molecule has 0 unspecified atom stereocenters. The first kappa shape index (κ1) is 15.6. The maximum atomic E-state index is 12.4. The average molecular weight is 312 g/mol. The van der Waals surface area contributed by atoms with E-state index in [2.05, 4.69) is 10.6 Å². The van der Waals surface area contributed by atoms with Gasteiger partial charge in [0.2, 0.25) is 5.91 Å². The van der Waals surface area contributed by atoms with Gasteiger partial charge in [0.25, 0.3) is 5.91 Å². The van der Waals surface area contributed by atoms with Gasteiger partial charge in [0.1, 0.15) is 0 Å². The summed E-state index contributed by atoms with van der Waals surface area (Å²) >= 11 is 0. The molecule has 2 aromatic rings. The van der Waals surface area contributed by atoms with Gasteiger partial charge in [-0.3, -0.25) is 14.9 Å². The van der Waals surface area contributed by atoms with Crippen LogP contribution in [0.2, 0.25) is 0 Å². The standard InChI is InChI=1S/C14H11F3N2O3/c1-8(20)18-12-7-6-11(22-12)13(21)19-10-4-2-9(3-5-10)14(15,16)17/h2-7H,1H3,(H,18,20)(H,19,21). The van der Waals surface area contributed by atoms with E-state index in [0.29, 0.717) is 0 Å². The fourth-order valence-electron chi connectivity index (χ4n) is 1.64. The SMILES string of the molecule is CC(=O)Nc1ccc(C(=O)Nc2ccc(C(F)(F)F)cc2)o1. The van der Waals surface area contributed by atoms with Crippen molar-refractivity contribution in [3.63, 3.8) is 0 Å². The number of rotatable bonds is 3. The number of hydrogen-bond acceptors (Lipinski definition) is 3. The maximum Gasteiger partial charge on any atom is 0.416 e. The Morgan fingerprint density at radius 2 is 1.64 bits per heavy atom. The average Bonchev–Trinajstić information content (AvgIpc) is 2.86. The van der Waals surface area contributed by atoms with Crippen molar-refractivity contribution in [1.82, 2.24) is 0 Å². The smallest absolute Gasteiger partial charge is 0.416 e. The summed E-state index contributed by atoms with van der Waals surface area (Å²) in [6.07, 6.45) is -4.43. The monoisotopic (exact) mass is 312 g/mol. The van der Waals surface area contributed by atoms with E-state index >= 15 is 0 Å². The molecule has 2 N–H and O–H groups in total. The van der Waals surface area contributed by atoms with Crippen LogP contribution < -0.4 is 10.6 Å². The first-order chi connectivity index (χ1) is 10.3. The zero-order valence-electron chi connectivity index (χ0n) is 11.3. The number of anilines is 2. The molecule has 0 radical (unpaired) electrons. The molecule has 0 aliphatic heterocycles. The molecule has 0 saturated heterocycles. The van der Waals surface area contributed by atoms with Crippen molar-refractivity contribution in [2.45, 2.75) is 13.1 Å². The Bertz CT molecular complexity index is 690. The molecule has 0 aliphatic rings. The molecular formula is C14H11F3N2O3. The number of nitrogens with one attached hydrogen (secondary N) is 2. The van der Waals surface area contributed by atoms with Crippen molar-refractivity contribution >= 4 is 23.4 Å². The molecule has 0 spiro atoms. The highest BCUT2D eigenvalue weighted by Gasteiger charge is 2.30. The maximum absolute atomic E-state index is 12.4. The van der Waals surface area contributed by atoms with Crippen LogP contribution in [0.1, 0.15) is 23.0 Å². The Morgan fingerprint density at radius 3 is 2.18 bits per heavy atom. The lowest BCUT2D eigenvalue weighted by Crippen LogP contribution is -2.11. The van der Waals surface area contributed by atoms with E-state index in [9.17, 15) is 22.8 Å². The van der Waals surface area contributed by atoms with Crippen LogP contribution in [0.4, 0.5) is 24.7 Å². The normalized spacial score (nSPS) is 11.1. The minimum Gasteiger partial charge on any atom is -0.435 e. The quantitative estimate of drug-likeness (QED) is 0.911. The number of amides is 2. The molecule has 0 saturated carbocycles. The van der Waals surface area contributed by atoms with E-state index in [1.54, 1.807) is 0 Å². The molecule has 1 heterocycles. The number of hydrogen-bond donors (Lipinski definition) is 2. The Balaban J connectivity index is 2.05. The molecule has 22 heavy (non-hydrogen) atoms. The predicted octanol–water partition coefficient (Wildman–Crippen LogP) is 3.51. The van der Waals surface area contributed by atoms with Crippen LogP contribution in [0.5, 0.6) is 0 Å². The summed E-state index contributed by atoms with van der Waals surface area (Å²) in [5, 5.41) is 4.75. The second-order valence-electron chi connectivity index (χ2n) is 4.37. The zero-order valence-corrected chi connectivity index (χ0v) is 11.3. The van der Waals surface area contributed by atoms with Crippen LogP contribution in [0.15, 0.2) is 40.8 Å². The second-order valence-corrected chi connectivity index (χ2v) is 4.37. The van der Waals surface area contributed by atoms with Gasteiger partial charge in [0.05, 0.1) is 5.56 Å². The summed E-state index contributed by atoms with van der Waals surface area (Å²) in [5.74, 6) is -0.978. The molecule has 0 fully saturated rings. The highest BCUT2D eigenvalue weighted by Crippen LogP contribution is 2.29. The van der Waals surface area contributed by atoms with Gasteiger partial charge in [-0.1, -0.05) is 0 Å². The number of carbonyl (C=O) groups is 2. The first-order valence-corrected chi connectivity index (χ1v) is 6.12. The van der Waals surface area contributed by atoms with Gasteiger partial charge in [-0.2, -0.15) is 13.2 Å². The topological polar surface area (TPSA) is 71.3 Å². The van der Waals surface area contributed by atoms with Crippen LogP contribution in [-0.4, -0.2) is 11.8 Å². The number of carbonyl (C=O) groups excluding carboxylic acids is 2. The van der Waals surface area contributed by atoms with Gasteiger partial charge in [-0.15, -0.1) is 0 Å². The van der Waals surface area contributed by atoms with Crippen LogP contribution in [0.25, 0.3) is 0 Å². The molecule has 0 atom stereocenters. The van der Waals surface area contributed by atoms with E-state index < -0.39 is 17.6 Å². The van der Waals surface area contributed by atoms with Gasteiger partial charge in [-0.05, 0) is 30.3 Å². The lowest BCUT2D eigenvalue weighted by Gasteiger charge is -2.08. The van der Waals surface area contributed by atoms with Gasteiger partial charge in [0.15, 0.2) is 11.6 Å². The second kappa shape index (κ2) is 5.92. The van der Waals surface area contributed by atoms with Gasteiger partial charge >= 0.3 is 6.18 Å². The van der Waals surface area contributed by atoms with E-state index in [0.717, 1.165) is 24.3 Å². The molecule has 1 aromatic heterocycles. The highest BCUT2D eigenvalue weighted by molar-refractivity contribution is 6.02. The van der Waals surface area contributed by atoms with Gasteiger partial charge in [0, 0.05) is 18.7 Å². The number of halogens is 3. The molecular weight excluding hydrogens is 301 g/mol. The zero-order chi connectivity index (χ0) is 16.3. The summed E-state index contributed by atoms with van der Waals surface area (Å²) in [5.41, 5.74) is -0.619. The molecule has 0 aliphatic carbocycles. The molecule has 2 amide bonds. The van der Waals surface area contributed by atoms with Crippen LogP contribution in [0, 0.1) is 0 Å². The Morgan fingerprint density at radius 1 is 1.00 bits per heavy atom. The molecule has 0 bridgehead atoms. The first-order valence-electron chi connectivity index (χ1n) is 6.12. The predicted molar refractivity (Wildman–Crippen MR) is 72.4 cm³/mol. The third-order valence-electron chi connectivity index (χ3n) is 2.60. The van der Waals surface area contributed by atoms with E-state index in [1.807, 2.05) is 0 Å². The molecule has 8 heteroatoms.